The number of fused-ring (bicyclic) bond motifs is 3. The Labute approximate surface area is 118 Å². The van der Waals surface area contributed by atoms with E-state index in [1.165, 1.54) is 5.56 Å². The zero-order valence-electron chi connectivity index (χ0n) is 11.5. The van der Waals surface area contributed by atoms with Crippen molar-refractivity contribution in [3.05, 3.63) is 48.0 Å². The normalized spacial score (nSPS) is 21.6. The van der Waals surface area contributed by atoms with Crippen LogP contribution in [0.3, 0.4) is 0 Å². The van der Waals surface area contributed by atoms with Crippen molar-refractivity contribution < 1.29 is 14.0 Å². The molecule has 1 aliphatic heterocycles. The van der Waals surface area contributed by atoms with Crippen molar-refractivity contribution in [1.29, 1.82) is 0 Å². The summed E-state index contributed by atoms with van der Waals surface area (Å²) in [6.45, 7) is 4.30. The first-order valence-corrected chi connectivity index (χ1v) is 8.37. The summed E-state index contributed by atoms with van der Waals surface area (Å²) < 4.78 is 17.6. The smallest absolute Gasteiger partial charge is 0.408 e. The second-order valence-corrected chi connectivity index (χ2v) is 6.90. The summed E-state index contributed by atoms with van der Waals surface area (Å²) in [4.78, 5) is 10.1. The Morgan fingerprint density at radius 1 is 1.20 bits per heavy atom. The Morgan fingerprint density at radius 3 is 2.70 bits per heavy atom. The van der Waals surface area contributed by atoms with Crippen molar-refractivity contribution in [2.24, 2.45) is 0 Å². The lowest BCUT2D eigenvalue weighted by Crippen LogP contribution is -2.17. The van der Waals surface area contributed by atoms with Gasteiger partial charge in [0.05, 0.1) is 5.30 Å². The molecule has 2 aromatic carbocycles. The van der Waals surface area contributed by atoms with Crippen LogP contribution in [0.5, 0.6) is 5.75 Å². The number of hydrogen-bond donors (Lipinski definition) is 1. The summed E-state index contributed by atoms with van der Waals surface area (Å²) in [6.07, 6.45) is 1.04. The third-order valence-corrected chi connectivity index (χ3v) is 5.35. The minimum Gasteiger partial charge on any atom is -0.421 e. The maximum Gasteiger partial charge on any atom is 0.408 e. The standard InChI is InChI=1S/C16H17O3P/c1-3-11(2)12-8-9-16-14(10-12)13-6-4-5-7-15(13)19-20(16,17)18/h4-11H,3H2,1-2H3,(H,17,18). The van der Waals surface area contributed by atoms with Gasteiger partial charge in [-0.15, -0.1) is 0 Å². The molecule has 0 saturated carbocycles. The third kappa shape index (κ3) is 2.07. The molecule has 0 saturated heterocycles. The molecule has 0 radical (unpaired) electrons. The highest BCUT2D eigenvalue weighted by molar-refractivity contribution is 7.62. The highest BCUT2D eigenvalue weighted by atomic mass is 31.2. The first-order valence-electron chi connectivity index (χ1n) is 6.79. The van der Waals surface area contributed by atoms with Crippen LogP contribution >= 0.6 is 7.60 Å². The molecule has 1 heterocycles. The largest absolute Gasteiger partial charge is 0.421 e. The van der Waals surface area contributed by atoms with Gasteiger partial charge >= 0.3 is 7.60 Å². The maximum absolute atomic E-state index is 12.3. The van der Waals surface area contributed by atoms with E-state index in [0.717, 1.165) is 17.5 Å². The molecule has 104 valence electrons. The molecule has 0 bridgehead atoms. The van der Waals surface area contributed by atoms with Crippen LogP contribution in [0, 0.1) is 0 Å². The van der Waals surface area contributed by atoms with E-state index >= 15 is 0 Å². The van der Waals surface area contributed by atoms with Crippen molar-refractivity contribution >= 4 is 12.9 Å². The number of para-hydroxylation sites is 1. The molecule has 2 atom stereocenters. The van der Waals surface area contributed by atoms with Crippen LogP contribution in [0.4, 0.5) is 0 Å². The zero-order chi connectivity index (χ0) is 14.3. The Morgan fingerprint density at radius 2 is 1.95 bits per heavy atom. The molecule has 0 fully saturated rings. The fraction of sp³-hybridized carbons (Fsp3) is 0.250. The lowest BCUT2D eigenvalue weighted by atomic mass is 9.94. The van der Waals surface area contributed by atoms with Gasteiger partial charge in [0.1, 0.15) is 5.75 Å². The summed E-state index contributed by atoms with van der Waals surface area (Å²) in [5, 5.41) is 0.392. The molecular weight excluding hydrogens is 271 g/mol. The van der Waals surface area contributed by atoms with E-state index in [1.807, 2.05) is 30.3 Å². The summed E-state index contributed by atoms with van der Waals surface area (Å²) in [7, 11) is -3.77. The summed E-state index contributed by atoms with van der Waals surface area (Å²) in [6, 6.07) is 13.1. The van der Waals surface area contributed by atoms with Gasteiger partial charge in [-0.25, -0.2) is 4.57 Å². The second kappa shape index (κ2) is 4.76. The molecule has 0 amide bonds. The van der Waals surface area contributed by atoms with E-state index in [-0.39, 0.29) is 0 Å². The SMILES string of the molecule is CCC(C)c1ccc2c(c1)-c1ccccc1OP2(=O)O. The molecule has 2 unspecified atom stereocenters. The predicted molar refractivity (Wildman–Crippen MR) is 80.7 cm³/mol. The van der Waals surface area contributed by atoms with E-state index in [0.29, 0.717) is 17.0 Å². The first-order chi connectivity index (χ1) is 9.53. The molecule has 0 aliphatic carbocycles. The van der Waals surface area contributed by atoms with Gasteiger partial charge in [0.15, 0.2) is 0 Å². The van der Waals surface area contributed by atoms with E-state index in [2.05, 4.69) is 13.8 Å². The monoisotopic (exact) mass is 288 g/mol. The Bertz CT molecular complexity index is 709. The maximum atomic E-state index is 12.3. The summed E-state index contributed by atoms with van der Waals surface area (Å²) in [5.41, 5.74) is 2.88. The molecule has 0 aromatic heterocycles. The van der Waals surface area contributed by atoms with Gasteiger partial charge in [0, 0.05) is 11.1 Å². The Kier molecular flexibility index (Phi) is 3.19. The van der Waals surface area contributed by atoms with Gasteiger partial charge in [-0.05, 0) is 36.1 Å². The highest BCUT2D eigenvalue weighted by Gasteiger charge is 2.34. The van der Waals surface area contributed by atoms with E-state index in [1.54, 1.807) is 12.1 Å². The average Bonchev–Trinajstić information content (AvgIpc) is 2.45. The van der Waals surface area contributed by atoms with Crippen LogP contribution in [-0.4, -0.2) is 4.89 Å². The van der Waals surface area contributed by atoms with Gasteiger partial charge in [0.2, 0.25) is 0 Å². The quantitative estimate of drug-likeness (QED) is 0.847. The zero-order valence-corrected chi connectivity index (χ0v) is 12.4. The molecule has 2 aromatic rings. The lowest BCUT2D eigenvalue weighted by molar-refractivity contribution is 0.392. The number of hydrogen-bond acceptors (Lipinski definition) is 2. The van der Waals surface area contributed by atoms with Crippen molar-refractivity contribution in [2.45, 2.75) is 26.2 Å². The molecular formula is C16H17O3P. The van der Waals surface area contributed by atoms with Gasteiger partial charge in [0.25, 0.3) is 0 Å². The van der Waals surface area contributed by atoms with Gasteiger partial charge < -0.3 is 9.42 Å². The molecule has 20 heavy (non-hydrogen) atoms. The fourth-order valence-corrected chi connectivity index (χ4v) is 3.79. The van der Waals surface area contributed by atoms with Crippen LogP contribution in [0.1, 0.15) is 31.7 Å². The van der Waals surface area contributed by atoms with Crippen LogP contribution in [0.2, 0.25) is 0 Å². The van der Waals surface area contributed by atoms with Crippen LogP contribution in [0.15, 0.2) is 42.5 Å². The van der Waals surface area contributed by atoms with Crippen molar-refractivity contribution in [3.8, 4) is 16.9 Å². The lowest BCUT2D eigenvalue weighted by Gasteiger charge is -2.25. The van der Waals surface area contributed by atoms with E-state index in [9.17, 15) is 9.46 Å². The third-order valence-electron chi connectivity index (χ3n) is 3.91. The van der Waals surface area contributed by atoms with Crippen LogP contribution in [-0.2, 0) is 4.57 Å². The molecule has 4 heteroatoms. The van der Waals surface area contributed by atoms with Crippen LogP contribution < -0.4 is 9.83 Å². The Hall–Kier alpha value is -1.57. The van der Waals surface area contributed by atoms with Crippen molar-refractivity contribution in [1.82, 2.24) is 0 Å². The molecule has 3 rings (SSSR count). The first kappa shape index (κ1) is 13.4. The minimum atomic E-state index is -3.77. The topological polar surface area (TPSA) is 46.5 Å². The van der Waals surface area contributed by atoms with Gasteiger partial charge in [-0.2, -0.15) is 0 Å². The number of rotatable bonds is 2. The van der Waals surface area contributed by atoms with Crippen molar-refractivity contribution in [3.63, 3.8) is 0 Å². The average molecular weight is 288 g/mol. The second-order valence-electron chi connectivity index (χ2n) is 5.19. The van der Waals surface area contributed by atoms with Gasteiger partial charge in [-0.3, -0.25) is 0 Å². The molecule has 3 nitrogen and oxygen atoms in total. The minimum absolute atomic E-state index is 0.392. The predicted octanol–water partition coefficient (Wildman–Crippen LogP) is 4.07. The van der Waals surface area contributed by atoms with Gasteiger partial charge in [-0.1, -0.05) is 38.1 Å². The molecule has 1 N–H and O–H groups in total. The molecule has 0 spiro atoms. The Balaban J connectivity index is 2.25. The summed E-state index contributed by atoms with van der Waals surface area (Å²) >= 11 is 0. The van der Waals surface area contributed by atoms with E-state index < -0.39 is 7.60 Å². The fourth-order valence-electron chi connectivity index (χ4n) is 2.51. The van der Waals surface area contributed by atoms with Crippen LogP contribution in [0.25, 0.3) is 11.1 Å². The number of benzene rings is 2. The van der Waals surface area contributed by atoms with E-state index in [4.69, 9.17) is 4.52 Å². The molecule has 1 aliphatic rings. The highest BCUT2D eigenvalue weighted by Crippen LogP contribution is 2.51. The van der Waals surface area contributed by atoms with Crippen molar-refractivity contribution in [2.75, 3.05) is 0 Å². The summed E-state index contributed by atoms with van der Waals surface area (Å²) in [5.74, 6) is 0.903.